The summed E-state index contributed by atoms with van der Waals surface area (Å²) >= 11 is 23.5. The SMILES string of the molecule is O=C(O)c1cc(Cl)cnc1-c1cc(Cl)c(Cl)cc1Cl. The molecule has 0 saturated heterocycles. The number of halogens is 4. The van der Waals surface area contributed by atoms with Gasteiger partial charge in [-0.15, -0.1) is 0 Å². The normalized spacial score (nSPS) is 10.5. The minimum absolute atomic E-state index is 0.0622. The molecule has 0 amide bonds. The molecular formula is C12H5Cl4NO2. The van der Waals surface area contributed by atoms with Gasteiger partial charge in [0.15, 0.2) is 0 Å². The van der Waals surface area contributed by atoms with Crippen LogP contribution in [-0.4, -0.2) is 16.1 Å². The van der Waals surface area contributed by atoms with Crippen LogP contribution in [0.4, 0.5) is 0 Å². The Kier molecular flexibility index (Phi) is 4.21. The first kappa shape index (κ1) is 14.4. The molecule has 0 atom stereocenters. The maximum atomic E-state index is 11.2. The number of rotatable bonds is 2. The third-order valence-corrected chi connectivity index (χ3v) is 3.59. The van der Waals surface area contributed by atoms with Crippen molar-refractivity contribution in [3.05, 3.63) is 50.0 Å². The van der Waals surface area contributed by atoms with Crippen molar-refractivity contribution in [1.82, 2.24) is 4.98 Å². The van der Waals surface area contributed by atoms with Gasteiger partial charge in [-0.3, -0.25) is 4.98 Å². The van der Waals surface area contributed by atoms with Gasteiger partial charge in [-0.05, 0) is 18.2 Å². The molecule has 1 aromatic carbocycles. The average molecular weight is 337 g/mol. The van der Waals surface area contributed by atoms with Crippen molar-refractivity contribution in [1.29, 1.82) is 0 Å². The molecule has 1 aromatic heterocycles. The lowest BCUT2D eigenvalue weighted by molar-refractivity contribution is 0.0697. The first-order valence-electron chi connectivity index (χ1n) is 4.94. The monoisotopic (exact) mass is 335 g/mol. The Labute approximate surface area is 128 Å². The summed E-state index contributed by atoms with van der Waals surface area (Å²) in [5, 5.41) is 10.2. The van der Waals surface area contributed by atoms with E-state index in [1.807, 2.05) is 0 Å². The predicted octanol–water partition coefficient (Wildman–Crippen LogP) is 5.06. The summed E-state index contributed by atoms with van der Waals surface area (Å²) in [5.74, 6) is -1.16. The second-order valence-corrected chi connectivity index (χ2v) is 5.26. The molecule has 0 saturated carbocycles. The number of hydrogen-bond donors (Lipinski definition) is 1. The van der Waals surface area contributed by atoms with Crippen LogP contribution in [0.2, 0.25) is 20.1 Å². The van der Waals surface area contributed by atoms with Crippen LogP contribution in [0.3, 0.4) is 0 Å². The van der Waals surface area contributed by atoms with E-state index in [1.54, 1.807) is 0 Å². The van der Waals surface area contributed by atoms with Gasteiger partial charge >= 0.3 is 5.97 Å². The van der Waals surface area contributed by atoms with Gasteiger partial charge in [-0.25, -0.2) is 4.79 Å². The highest BCUT2D eigenvalue weighted by Gasteiger charge is 2.17. The van der Waals surface area contributed by atoms with Gasteiger partial charge < -0.3 is 5.11 Å². The lowest BCUT2D eigenvalue weighted by Gasteiger charge is -2.09. The molecule has 3 nitrogen and oxygen atoms in total. The summed E-state index contributed by atoms with van der Waals surface area (Å²) < 4.78 is 0. The zero-order valence-corrected chi connectivity index (χ0v) is 12.1. The summed E-state index contributed by atoms with van der Waals surface area (Å²) in [6.07, 6.45) is 1.34. The highest BCUT2D eigenvalue weighted by atomic mass is 35.5. The van der Waals surface area contributed by atoms with E-state index in [1.165, 1.54) is 24.4 Å². The number of carboxylic acids is 1. The van der Waals surface area contributed by atoms with Crippen molar-refractivity contribution >= 4 is 52.4 Å². The zero-order chi connectivity index (χ0) is 14.2. The predicted molar refractivity (Wildman–Crippen MR) is 76.7 cm³/mol. The number of pyridine rings is 1. The Balaban J connectivity index is 2.72. The van der Waals surface area contributed by atoms with E-state index >= 15 is 0 Å². The van der Waals surface area contributed by atoms with E-state index < -0.39 is 5.97 Å². The zero-order valence-electron chi connectivity index (χ0n) is 9.12. The number of benzene rings is 1. The fraction of sp³-hybridized carbons (Fsp3) is 0. The fourth-order valence-electron chi connectivity index (χ4n) is 1.52. The molecule has 0 aliphatic carbocycles. The lowest BCUT2D eigenvalue weighted by Crippen LogP contribution is -2.02. The number of hydrogen-bond acceptors (Lipinski definition) is 2. The quantitative estimate of drug-likeness (QED) is 0.780. The van der Waals surface area contributed by atoms with Gasteiger partial charge in [0.25, 0.3) is 0 Å². The molecule has 1 heterocycles. The van der Waals surface area contributed by atoms with Crippen molar-refractivity contribution in [2.75, 3.05) is 0 Å². The third kappa shape index (κ3) is 2.95. The van der Waals surface area contributed by atoms with Gasteiger partial charge in [0, 0.05) is 11.8 Å². The molecule has 2 rings (SSSR count). The van der Waals surface area contributed by atoms with Crippen molar-refractivity contribution in [3.63, 3.8) is 0 Å². The molecule has 0 radical (unpaired) electrons. The Morgan fingerprint density at radius 2 is 1.63 bits per heavy atom. The standard InChI is InChI=1S/C12H5Cl4NO2/c13-5-1-7(12(18)19)11(17-4-5)6-2-9(15)10(16)3-8(6)14/h1-4H,(H,18,19). The minimum atomic E-state index is -1.16. The number of nitrogens with zero attached hydrogens (tertiary/aromatic N) is 1. The number of carboxylic acid groups (broad SMARTS) is 1. The topological polar surface area (TPSA) is 50.2 Å². The van der Waals surface area contributed by atoms with E-state index in [0.717, 1.165) is 0 Å². The molecule has 0 spiro atoms. The largest absolute Gasteiger partial charge is 0.478 e. The highest BCUT2D eigenvalue weighted by Crippen LogP contribution is 2.36. The van der Waals surface area contributed by atoms with E-state index in [0.29, 0.717) is 5.56 Å². The van der Waals surface area contributed by atoms with Crippen molar-refractivity contribution in [3.8, 4) is 11.3 Å². The number of aromatic nitrogens is 1. The smallest absolute Gasteiger partial charge is 0.337 e. The Morgan fingerprint density at radius 1 is 1.00 bits per heavy atom. The molecule has 19 heavy (non-hydrogen) atoms. The van der Waals surface area contributed by atoms with Crippen LogP contribution in [-0.2, 0) is 0 Å². The molecule has 7 heteroatoms. The summed E-state index contributed by atoms with van der Waals surface area (Å²) in [6.45, 7) is 0. The molecule has 1 N–H and O–H groups in total. The van der Waals surface area contributed by atoms with Crippen molar-refractivity contribution in [2.24, 2.45) is 0 Å². The summed E-state index contributed by atoms with van der Waals surface area (Å²) in [5.41, 5.74) is 0.499. The maximum Gasteiger partial charge on any atom is 0.337 e. The average Bonchev–Trinajstić information content (AvgIpc) is 2.34. The van der Waals surface area contributed by atoms with Gasteiger partial charge in [-0.1, -0.05) is 46.4 Å². The molecule has 0 aliphatic heterocycles. The lowest BCUT2D eigenvalue weighted by atomic mass is 10.1. The molecule has 0 aliphatic rings. The van der Waals surface area contributed by atoms with Crippen molar-refractivity contribution < 1.29 is 9.90 Å². The van der Waals surface area contributed by atoms with Crippen LogP contribution in [0.25, 0.3) is 11.3 Å². The van der Waals surface area contributed by atoms with Gasteiger partial charge in [0.1, 0.15) is 0 Å². The van der Waals surface area contributed by atoms with Gasteiger partial charge in [-0.2, -0.15) is 0 Å². The van der Waals surface area contributed by atoms with Crippen LogP contribution >= 0.6 is 46.4 Å². The van der Waals surface area contributed by atoms with Crippen LogP contribution in [0.5, 0.6) is 0 Å². The second-order valence-electron chi connectivity index (χ2n) is 3.60. The molecule has 0 bridgehead atoms. The summed E-state index contributed by atoms with van der Waals surface area (Å²) in [4.78, 5) is 15.2. The van der Waals surface area contributed by atoms with E-state index in [4.69, 9.17) is 51.5 Å². The summed E-state index contributed by atoms with van der Waals surface area (Å²) in [7, 11) is 0. The van der Waals surface area contributed by atoms with Crippen LogP contribution in [0, 0.1) is 0 Å². The number of aromatic carboxylic acids is 1. The van der Waals surface area contributed by atoms with Gasteiger partial charge in [0.05, 0.1) is 31.3 Å². The van der Waals surface area contributed by atoms with E-state index in [2.05, 4.69) is 4.98 Å². The van der Waals surface area contributed by atoms with E-state index in [-0.39, 0.29) is 31.3 Å². The molecular weight excluding hydrogens is 332 g/mol. The molecule has 98 valence electrons. The first-order chi connectivity index (χ1) is 8.90. The molecule has 0 unspecified atom stereocenters. The minimum Gasteiger partial charge on any atom is -0.478 e. The number of carbonyl (C=O) groups is 1. The molecule has 2 aromatic rings. The van der Waals surface area contributed by atoms with Crippen molar-refractivity contribution in [2.45, 2.75) is 0 Å². The summed E-state index contributed by atoms with van der Waals surface area (Å²) in [6, 6.07) is 4.20. The van der Waals surface area contributed by atoms with E-state index in [9.17, 15) is 4.79 Å². The Hall–Kier alpha value is -1.000. The van der Waals surface area contributed by atoms with Crippen LogP contribution < -0.4 is 0 Å². The van der Waals surface area contributed by atoms with Crippen LogP contribution in [0.15, 0.2) is 24.4 Å². The maximum absolute atomic E-state index is 11.2. The highest BCUT2D eigenvalue weighted by molar-refractivity contribution is 6.44. The molecule has 0 fully saturated rings. The second kappa shape index (κ2) is 5.55. The van der Waals surface area contributed by atoms with Gasteiger partial charge in [0.2, 0.25) is 0 Å². The fourth-order valence-corrected chi connectivity index (χ4v) is 2.32. The van der Waals surface area contributed by atoms with Crippen LogP contribution in [0.1, 0.15) is 10.4 Å². The first-order valence-corrected chi connectivity index (χ1v) is 6.45. The Bertz CT molecular complexity index is 673. The third-order valence-electron chi connectivity index (χ3n) is 2.35. The Morgan fingerprint density at radius 3 is 2.26 bits per heavy atom.